The number of aromatic amines is 2. The van der Waals surface area contributed by atoms with Gasteiger partial charge in [-0.25, -0.2) is 0 Å². The topological polar surface area (TPSA) is 81.8 Å². The minimum atomic E-state index is -0.0891. The quantitative estimate of drug-likeness (QED) is 0.755. The summed E-state index contributed by atoms with van der Waals surface area (Å²) in [5, 5.41) is 8.00. The van der Waals surface area contributed by atoms with E-state index in [2.05, 4.69) is 21.2 Å². The molecular weight excluding hydrogens is 316 g/mol. The number of amides is 1. The van der Waals surface area contributed by atoms with Gasteiger partial charge in [0.2, 0.25) is 11.5 Å². The van der Waals surface area contributed by atoms with Gasteiger partial charge in [-0.15, -0.1) is 0 Å². The molecule has 4 rings (SSSR count). The van der Waals surface area contributed by atoms with Crippen LogP contribution in [-0.4, -0.2) is 39.1 Å². The van der Waals surface area contributed by atoms with Crippen molar-refractivity contribution in [3.05, 3.63) is 52.6 Å². The third kappa shape index (κ3) is 3.07. The van der Waals surface area contributed by atoms with Crippen LogP contribution in [0.1, 0.15) is 31.4 Å². The van der Waals surface area contributed by atoms with Crippen molar-refractivity contribution in [1.29, 1.82) is 0 Å². The predicted octanol–water partition coefficient (Wildman–Crippen LogP) is 2.64. The summed E-state index contributed by atoms with van der Waals surface area (Å²) in [6, 6.07) is 9.71. The lowest BCUT2D eigenvalue weighted by molar-refractivity contribution is -0.129. The van der Waals surface area contributed by atoms with Crippen LogP contribution in [-0.2, 0) is 4.79 Å². The minimum absolute atomic E-state index is 0.0891. The molecule has 0 spiro atoms. The number of pyridine rings is 1. The van der Waals surface area contributed by atoms with Gasteiger partial charge in [-0.1, -0.05) is 6.07 Å². The van der Waals surface area contributed by atoms with Gasteiger partial charge in [0.15, 0.2) is 0 Å². The van der Waals surface area contributed by atoms with Crippen molar-refractivity contribution in [3.8, 4) is 11.1 Å². The lowest BCUT2D eigenvalue weighted by atomic mass is 9.91. The first-order valence-corrected chi connectivity index (χ1v) is 8.53. The Labute approximate surface area is 144 Å². The Bertz CT molecular complexity index is 980. The number of benzene rings is 1. The van der Waals surface area contributed by atoms with E-state index in [1.165, 1.54) is 0 Å². The lowest BCUT2D eigenvalue weighted by Crippen LogP contribution is -2.36. The second-order valence-corrected chi connectivity index (χ2v) is 6.64. The summed E-state index contributed by atoms with van der Waals surface area (Å²) >= 11 is 0. The third-order valence-corrected chi connectivity index (χ3v) is 5.02. The molecule has 2 aromatic heterocycles. The van der Waals surface area contributed by atoms with E-state index in [1.807, 2.05) is 23.1 Å². The first-order chi connectivity index (χ1) is 12.1. The summed E-state index contributed by atoms with van der Waals surface area (Å²) in [7, 11) is 0. The van der Waals surface area contributed by atoms with Crippen LogP contribution in [0.3, 0.4) is 0 Å². The SMILES string of the molecule is CC(=O)N1CCC(c2cc(-c3ccc4[nH]ncc4c3)cc(=O)[nH]2)CC1. The van der Waals surface area contributed by atoms with Crippen LogP contribution in [0.5, 0.6) is 0 Å². The van der Waals surface area contributed by atoms with Crippen LogP contribution in [0.25, 0.3) is 22.0 Å². The van der Waals surface area contributed by atoms with Crippen molar-refractivity contribution < 1.29 is 4.79 Å². The largest absolute Gasteiger partial charge is 0.343 e. The molecule has 0 aliphatic carbocycles. The maximum atomic E-state index is 12.2. The van der Waals surface area contributed by atoms with E-state index in [0.717, 1.165) is 53.7 Å². The molecule has 0 saturated carbocycles. The van der Waals surface area contributed by atoms with Crippen LogP contribution >= 0.6 is 0 Å². The van der Waals surface area contributed by atoms with Gasteiger partial charge in [0, 0.05) is 43.1 Å². The first-order valence-electron chi connectivity index (χ1n) is 8.53. The zero-order valence-electron chi connectivity index (χ0n) is 14.1. The number of H-pyrrole nitrogens is 2. The van der Waals surface area contributed by atoms with E-state index >= 15 is 0 Å². The van der Waals surface area contributed by atoms with E-state index in [1.54, 1.807) is 19.2 Å². The molecular formula is C19H20N4O2. The molecule has 1 saturated heterocycles. The normalized spacial score (nSPS) is 15.6. The Kier molecular flexibility index (Phi) is 3.87. The van der Waals surface area contributed by atoms with Crippen LogP contribution in [0.2, 0.25) is 0 Å². The average molecular weight is 336 g/mol. The monoisotopic (exact) mass is 336 g/mol. The number of aromatic nitrogens is 3. The molecule has 1 aliphatic rings. The summed E-state index contributed by atoms with van der Waals surface area (Å²) in [6.45, 7) is 3.09. The fraction of sp³-hybridized carbons (Fsp3) is 0.316. The van der Waals surface area contributed by atoms with Crippen LogP contribution in [0.4, 0.5) is 0 Å². The number of nitrogens with zero attached hydrogens (tertiary/aromatic N) is 2. The first kappa shape index (κ1) is 15.6. The molecule has 128 valence electrons. The van der Waals surface area contributed by atoms with Gasteiger partial charge in [0.25, 0.3) is 0 Å². The van der Waals surface area contributed by atoms with Crippen molar-refractivity contribution in [2.45, 2.75) is 25.7 Å². The van der Waals surface area contributed by atoms with Crippen LogP contribution < -0.4 is 5.56 Å². The van der Waals surface area contributed by atoms with Gasteiger partial charge >= 0.3 is 0 Å². The molecule has 6 heteroatoms. The Morgan fingerprint density at radius 1 is 1.16 bits per heavy atom. The molecule has 25 heavy (non-hydrogen) atoms. The fourth-order valence-corrected chi connectivity index (χ4v) is 3.58. The van der Waals surface area contributed by atoms with Crippen molar-refractivity contribution >= 4 is 16.8 Å². The second kappa shape index (κ2) is 6.20. The van der Waals surface area contributed by atoms with Crippen LogP contribution in [0.15, 0.2) is 41.3 Å². The molecule has 1 aromatic carbocycles. The van der Waals surface area contributed by atoms with E-state index in [4.69, 9.17) is 0 Å². The third-order valence-electron chi connectivity index (χ3n) is 5.02. The summed E-state index contributed by atoms with van der Waals surface area (Å²) in [5.41, 5.74) is 3.76. The second-order valence-electron chi connectivity index (χ2n) is 6.64. The van der Waals surface area contributed by atoms with Gasteiger partial charge in [0.1, 0.15) is 0 Å². The van der Waals surface area contributed by atoms with Gasteiger partial charge in [-0.3, -0.25) is 14.7 Å². The summed E-state index contributed by atoms with van der Waals surface area (Å²) in [5.74, 6) is 0.398. The number of fused-ring (bicyclic) bond motifs is 1. The predicted molar refractivity (Wildman–Crippen MR) is 96.4 cm³/mol. The number of piperidine rings is 1. The van der Waals surface area contributed by atoms with Gasteiger partial charge in [0.05, 0.1) is 11.7 Å². The Morgan fingerprint density at radius 2 is 1.96 bits per heavy atom. The van der Waals surface area contributed by atoms with Crippen molar-refractivity contribution in [3.63, 3.8) is 0 Å². The highest BCUT2D eigenvalue weighted by atomic mass is 16.2. The molecule has 2 N–H and O–H groups in total. The molecule has 3 aromatic rings. The number of likely N-dealkylation sites (tertiary alicyclic amines) is 1. The number of hydrogen-bond donors (Lipinski definition) is 2. The molecule has 0 radical (unpaired) electrons. The Hall–Kier alpha value is -2.89. The molecule has 0 atom stereocenters. The van der Waals surface area contributed by atoms with Crippen molar-refractivity contribution in [2.75, 3.05) is 13.1 Å². The smallest absolute Gasteiger partial charge is 0.248 e. The number of nitrogens with one attached hydrogen (secondary N) is 2. The van der Waals surface area contributed by atoms with E-state index < -0.39 is 0 Å². The maximum absolute atomic E-state index is 12.2. The highest BCUT2D eigenvalue weighted by molar-refractivity contribution is 5.84. The number of rotatable bonds is 2. The Morgan fingerprint density at radius 3 is 2.72 bits per heavy atom. The standard InChI is InChI=1S/C19H20N4O2/c1-12(24)23-6-4-13(5-7-23)18-9-15(10-19(25)21-18)14-2-3-17-16(8-14)11-20-22-17/h2-3,8-11,13H,4-7H2,1H3,(H,20,22)(H,21,25). The highest BCUT2D eigenvalue weighted by Crippen LogP contribution is 2.29. The summed E-state index contributed by atoms with van der Waals surface area (Å²) in [4.78, 5) is 28.5. The summed E-state index contributed by atoms with van der Waals surface area (Å²) in [6.07, 6.45) is 3.53. The lowest BCUT2D eigenvalue weighted by Gasteiger charge is -2.31. The maximum Gasteiger partial charge on any atom is 0.248 e. The van der Waals surface area contributed by atoms with Crippen LogP contribution in [0, 0.1) is 0 Å². The van der Waals surface area contributed by atoms with E-state index in [9.17, 15) is 9.59 Å². The zero-order chi connectivity index (χ0) is 17.4. The van der Waals surface area contributed by atoms with Crippen molar-refractivity contribution in [2.24, 2.45) is 0 Å². The molecule has 1 aliphatic heterocycles. The zero-order valence-corrected chi connectivity index (χ0v) is 14.1. The number of carbonyl (C=O) groups is 1. The molecule has 0 unspecified atom stereocenters. The minimum Gasteiger partial charge on any atom is -0.343 e. The fourth-order valence-electron chi connectivity index (χ4n) is 3.58. The highest BCUT2D eigenvalue weighted by Gasteiger charge is 2.23. The average Bonchev–Trinajstić information content (AvgIpc) is 3.09. The summed E-state index contributed by atoms with van der Waals surface area (Å²) < 4.78 is 0. The molecule has 1 amide bonds. The number of carbonyl (C=O) groups excluding carboxylic acids is 1. The molecule has 1 fully saturated rings. The molecule has 0 bridgehead atoms. The number of hydrogen-bond acceptors (Lipinski definition) is 3. The van der Waals surface area contributed by atoms with Gasteiger partial charge in [-0.05, 0) is 42.2 Å². The Balaban J connectivity index is 1.65. The van der Waals surface area contributed by atoms with Gasteiger partial charge in [-0.2, -0.15) is 5.10 Å². The van der Waals surface area contributed by atoms with E-state index in [-0.39, 0.29) is 17.4 Å². The van der Waals surface area contributed by atoms with Gasteiger partial charge < -0.3 is 9.88 Å². The van der Waals surface area contributed by atoms with Crippen molar-refractivity contribution in [1.82, 2.24) is 20.1 Å². The molecule has 6 nitrogen and oxygen atoms in total. The van der Waals surface area contributed by atoms with E-state index in [0.29, 0.717) is 0 Å². The molecule has 3 heterocycles.